The number of nitrogens with two attached hydrogens (primary N) is 1. The monoisotopic (exact) mass is 399 g/mol. The van der Waals surface area contributed by atoms with Crippen molar-refractivity contribution in [2.24, 2.45) is 5.73 Å². The number of benzene rings is 2. The molecule has 2 aromatic rings. The number of rotatable bonds is 7. The molecule has 0 aromatic heterocycles. The van der Waals surface area contributed by atoms with Crippen LogP contribution in [0.3, 0.4) is 0 Å². The average molecular weight is 399 g/mol. The number of aromatic carboxylic acids is 1. The Labute approximate surface area is 159 Å². The highest BCUT2D eigenvalue weighted by atomic mass is 19.4. The van der Waals surface area contributed by atoms with Crippen LogP contribution >= 0.6 is 0 Å². The molecule has 0 radical (unpaired) electrons. The summed E-state index contributed by atoms with van der Waals surface area (Å²) in [5.41, 5.74) is 8.44. The van der Waals surface area contributed by atoms with E-state index in [2.05, 4.69) is 0 Å². The highest BCUT2D eigenvalue weighted by Gasteiger charge is 2.38. The smallest absolute Gasteiger partial charge is 0.478 e. The molecule has 0 fully saturated rings. The molecule has 9 heteroatoms. The van der Waals surface area contributed by atoms with E-state index in [-0.39, 0.29) is 11.6 Å². The van der Waals surface area contributed by atoms with Gasteiger partial charge in [0.2, 0.25) is 0 Å². The summed E-state index contributed by atoms with van der Waals surface area (Å²) in [6, 6.07) is 16.7. The van der Waals surface area contributed by atoms with Gasteiger partial charge in [-0.15, -0.1) is 0 Å². The Balaban J connectivity index is 0.000000480. The third-order valence-electron chi connectivity index (χ3n) is 3.38. The molecule has 0 bridgehead atoms. The van der Waals surface area contributed by atoms with Crippen LogP contribution in [0.1, 0.15) is 21.5 Å². The summed E-state index contributed by atoms with van der Waals surface area (Å²) in [7, 11) is 0. The third kappa shape index (κ3) is 9.15. The SMILES string of the molecule is N[C@H](COCc1ccc(C(=O)O)cc1)Cc1ccccc1.O=C(O)C(F)(F)F. The Bertz CT molecular complexity index is 748. The number of carboxylic acids is 2. The van der Waals surface area contributed by atoms with Crippen molar-refractivity contribution in [3.8, 4) is 0 Å². The molecule has 0 heterocycles. The fraction of sp³-hybridized carbons (Fsp3) is 0.263. The lowest BCUT2D eigenvalue weighted by molar-refractivity contribution is -0.192. The van der Waals surface area contributed by atoms with Gasteiger partial charge >= 0.3 is 18.1 Å². The molecule has 2 rings (SSSR count). The van der Waals surface area contributed by atoms with Gasteiger partial charge in [0.25, 0.3) is 0 Å². The molecule has 0 aliphatic rings. The fourth-order valence-corrected chi connectivity index (χ4v) is 2.05. The van der Waals surface area contributed by atoms with Gasteiger partial charge in [-0.1, -0.05) is 42.5 Å². The molecular formula is C19H20F3NO5. The minimum atomic E-state index is -5.08. The second-order valence-electron chi connectivity index (χ2n) is 5.77. The van der Waals surface area contributed by atoms with E-state index in [1.165, 1.54) is 5.56 Å². The Kier molecular flexibility index (Phi) is 9.13. The van der Waals surface area contributed by atoms with E-state index >= 15 is 0 Å². The summed E-state index contributed by atoms with van der Waals surface area (Å²) >= 11 is 0. The van der Waals surface area contributed by atoms with Crippen LogP contribution in [0.25, 0.3) is 0 Å². The quantitative estimate of drug-likeness (QED) is 0.660. The van der Waals surface area contributed by atoms with E-state index in [1.807, 2.05) is 30.3 Å². The van der Waals surface area contributed by atoms with Gasteiger partial charge < -0.3 is 20.7 Å². The topological polar surface area (TPSA) is 110 Å². The molecule has 0 aliphatic carbocycles. The van der Waals surface area contributed by atoms with E-state index < -0.39 is 18.1 Å². The van der Waals surface area contributed by atoms with Crippen molar-refractivity contribution < 1.29 is 37.7 Å². The number of carboxylic acid groups (broad SMARTS) is 2. The first-order chi connectivity index (χ1) is 13.1. The van der Waals surface area contributed by atoms with Crippen LogP contribution < -0.4 is 5.73 Å². The first-order valence-electron chi connectivity index (χ1n) is 8.09. The van der Waals surface area contributed by atoms with Gasteiger partial charge in [0.15, 0.2) is 0 Å². The lowest BCUT2D eigenvalue weighted by atomic mass is 10.1. The maximum atomic E-state index is 10.7. The predicted octanol–water partition coefficient (Wildman–Crippen LogP) is 3.10. The Morgan fingerprint density at radius 1 is 0.964 bits per heavy atom. The van der Waals surface area contributed by atoms with Crippen molar-refractivity contribution >= 4 is 11.9 Å². The van der Waals surface area contributed by atoms with Crippen LogP contribution in [-0.2, 0) is 22.6 Å². The zero-order valence-corrected chi connectivity index (χ0v) is 14.7. The van der Waals surface area contributed by atoms with Crippen molar-refractivity contribution in [2.75, 3.05) is 6.61 Å². The lowest BCUT2D eigenvalue weighted by Crippen LogP contribution is -2.28. The minimum Gasteiger partial charge on any atom is -0.478 e. The van der Waals surface area contributed by atoms with E-state index in [1.54, 1.807) is 24.3 Å². The predicted molar refractivity (Wildman–Crippen MR) is 94.9 cm³/mol. The number of hydrogen-bond donors (Lipinski definition) is 3. The molecule has 0 unspecified atom stereocenters. The third-order valence-corrected chi connectivity index (χ3v) is 3.38. The van der Waals surface area contributed by atoms with Crippen LogP contribution in [0.5, 0.6) is 0 Å². The first kappa shape index (κ1) is 23.1. The molecule has 28 heavy (non-hydrogen) atoms. The van der Waals surface area contributed by atoms with Gasteiger partial charge in [-0.2, -0.15) is 13.2 Å². The van der Waals surface area contributed by atoms with Gasteiger partial charge in [0, 0.05) is 6.04 Å². The van der Waals surface area contributed by atoms with Gasteiger partial charge in [0.05, 0.1) is 18.8 Å². The van der Waals surface area contributed by atoms with Crippen LogP contribution in [0, 0.1) is 0 Å². The number of carbonyl (C=O) groups is 2. The molecule has 0 amide bonds. The van der Waals surface area contributed by atoms with E-state index in [0.29, 0.717) is 13.2 Å². The number of ether oxygens (including phenoxy) is 1. The van der Waals surface area contributed by atoms with Gasteiger partial charge in [0.1, 0.15) is 0 Å². The summed E-state index contributed by atoms with van der Waals surface area (Å²) in [5, 5.41) is 15.9. The van der Waals surface area contributed by atoms with E-state index in [0.717, 1.165) is 12.0 Å². The highest BCUT2D eigenvalue weighted by molar-refractivity contribution is 5.87. The van der Waals surface area contributed by atoms with Gasteiger partial charge in [-0.3, -0.25) is 0 Å². The molecule has 6 nitrogen and oxygen atoms in total. The molecule has 0 spiro atoms. The average Bonchev–Trinajstić information content (AvgIpc) is 2.62. The van der Waals surface area contributed by atoms with Crippen LogP contribution in [0.15, 0.2) is 54.6 Å². The maximum absolute atomic E-state index is 10.7. The van der Waals surface area contributed by atoms with Crippen LogP contribution in [-0.4, -0.2) is 41.0 Å². The molecule has 0 saturated carbocycles. The molecule has 0 aliphatic heterocycles. The zero-order valence-electron chi connectivity index (χ0n) is 14.7. The van der Waals surface area contributed by atoms with E-state index in [9.17, 15) is 18.0 Å². The fourth-order valence-electron chi connectivity index (χ4n) is 2.05. The van der Waals surface area contributed by atoms with Gasteiger partial charge in [-0.25, -0.2) is 9.59 Å². The standard InChI is InChI=1S/C17H19NO3.C2HF3O2/c18-16(10-13-4-2-1-3-5-13)12-21-11-14-6-8-15(9-7-14)17(19)20;3-2(4,5)1(6)7/h1-9,16H,10-12,18H2,(H,19,20);(H,6,7)/t16-;/m0./s1. The molecule has 2 aromatic carbocycles. The van der Waals surface area contributed by atoms with Crippen molar-refractivity contribution in [1.82, 2.24) is 0 Å². The summed E-state index contributed by atoms with van der Waals surface area (Å²) in [4.78, 5) is 19.6. The zero-order chi connectivity index (χ0) is 21.2. The van der Waals surface area contributed by atoms with Crippen LogP contribution in [0.2, 0.25) is 0 Å². The van der Waals surface area contributed by atoms with E-state index in [4.69, 9.17) is 25.5 Å². The van der Waals surface area contributed by atoms with Gasteiger partial charge in [-0.05, 0) is 29.7 Å². The summed E-state index contributed by atoms with van der Waals surface area (Å²) in [6.07, 6.45) is -4.31. The summed E-state index contributed by atoms with van der Waals surface area (Å²) in [5.74, 6) is -3.68. The Morgan fingerprint density at radius 3 is 1.96 bits per heavy atom. The molecular weight excluding hydrogens is 379 g/mol. The molecule has 152 valence electrons. The largest absolute Gasteiger partial charge is 0.490 e. The summed E-state index contributed by atoms with van der Waals surface area (Å²) < 4.78 is 37.3. The Hall–Kier alpha value is -2.91. The normalized spacial score (nSPS) is 11.9. The molecule has 4 N–H and O–H groups in total. The highest BCUT2D eigenvalue weighted by Crippen LogP contribution is 2.13. The second kappa shape index (κ2) is 11.1. The van der Waals surface area contributed by atoms with Crippen LogP contribution in [0.4, 0.5) is 13.2 Å². The number of aliphatic carboxylic acids is 1. The molecule has 0 saturated heterocycles. The number of halogens is 3. The summed E-state index contributed by atoms with van der Waals surface area (Å²) in [6.45, 7) is 0.901. The first-order valence-corrected chi connectivity index (χ1v) is 8.09. The van der Waals surface area contributed by atoms with Crippen molar-refractivity contribution in [3.05, 3.63) is 71.3 Å². The lowest BCUT2D eigenvalue weighted by Gasteiger charge is -2.12. The minimum absolute atomic E-state index is 0.0503. The number of alkyl halides is 3. The Morgan fingerprint density at radius 2 is 1.50 bits per heavy atom. The maximum Gasteiger partial charge on any atom is 0.490 e. The number of hydrogen-bond acceptors (Lipinski definition) is 4. The van der Waals surface area contributed by atoms with Crippen molar-refractivity contribution in [2.45, 2.75) is 25.2 Å². The second-order valence-corrected chi connectivity index (χ2v) is 5.77. The van der Waals surface area contributed by atoms with Crippen molar-refractivity contribution in [1.29, 1.82) is 0 Å². The molecule has 1 atom stereocenters. The van der Waals surface area contributed by atoms with Crippen molar-refractivity contribution in [3.63, 3.8) is 0 Å².